The van der Waals surface area contributed by atoms with Crippen molar-refractivity contribution in [2.45, 2.75) is 31.1 Å². The molecule has 160 valence electrons. The minimum Gasteiger partial charge on any atom is -0.350 e. The Morgan fingerprint density at radius 3 is 2.30 bits per heavy atom. The smallest absolute Gasteiger partial charge is 0.350 e. The standard InChI is InChI=1S/C22H23F4N3O/c23-19-10-15(9-18(11-19)22(24,25)26)14-28-20(30)21(29-7-5-27-6-8-29)12-16-3-1-2-4-17(16)13-21/h1-4,9-11,27H,5-8,12-14H2,(H,28,30). The number of hydrogen-bond acceptors (Lipinski definition) is 3. The number of alkyl halides is 3. The number of hydrogen-bond donors (Lipinski definition) is 2. The summed E-state index contributed by atoms with van der Waals surface area (Å²) < 4.78 is 52.6. The van der Waals surface area contributed by atoms with Crippen molar-refractivity contribution in [3.63, 3.8) is 0 Å². The predicted molar refractivity (Wildman–Crippen MR) is 104 cm³/mol. The summed E-state index contributed by atoms with van der Waals surface area (Å²) in [4.78, 5) is 15.5. The second-order valence-electron chi connectivity index (χ2n) is 7.92. The number of amides is 1. The molecule has 1 fully saturated rings. The van der Waals surface area contributed by atoms with Gasteiger partial charge in [-0.25, -0.2) is 4.39 Å². The second-order valence-corrected chi connectivity index (χ2v) is 7.92. The molecule has 1 aliphatic carbocycles. The highest BCUT2D eigenvalue weighted by molar-refractivity contribution is 5.88. The number of nitrogens with one attached hydrogen (secondary N) is 2. The number of carbonyl (C=O) groups excluding carboxylic acids is 1. The van der Waals surface area contributed by atoms with E-state index in [1.54, 1.807) is 0 Å². The van der Waals surface area contributed by atoms with Crippen LogP contribution in [0.5, 0.6) is 0 Å². The Morgan fingerprint density at radius 1 is 1.07 bits per heavy atom. The van der Waals surface area contributed by atoms with Gasteiger partial charge in [0.1, 0.15) is 11.4 Å². The first-order chi connectivity index (χ1) is 14.3. The molecule has 1 saturated heterocycles. The van der Waals surface area contributed by atoms with Gasteiger partial charge in [0.05, 0.1) is 5.56 Å². The molecular formula is C22H23F4N3O. The maximum absolute atomic E-state index is 13.7. The molecule has 2 N–H and O–H groups in total. The Hall–Kier alpha value is -2.45. The van der Waals surface area contributed by atoms with Gasteiger partial charge in [0.2, 0.25) is 5.91 Å². The topological polar surface area (TPSA) is 44.4 Å². The average Bonchev–Trinajstić information content (AvgIpc) is 3.12. The molecule has 8 heteroatoms. The lowest BCUT2D eigenvalue weighted by atomic mass is 9.91. The van der Waals surface area contributed by atoms with Crippen LogP contribution in [0.25, 0.3) is 0 Å². The van der Waals surface area contributed by atoms with Gasteiger partial charge in [-0.3, -0.25) is 9.69 Å². The third kappa shape index (κ3) is 4.06. The highest BCUT2D eigenvalue weighted by Gasteiger charge is 2.48. The quantitative estimate of drug-likeness (QED) is 0.747. The van der Waals surface area contributed by atoms with Crippen LogP contribution in [0.4, 0.5) is 17.6 Å². The van der Waals surface area contributed by atoms with Crippen molar-refractivity contribution in [1.82, 2.24) is 15.5 Å². The van der Waals surface area contributed by atoms with Crippen molar-refractivity contribution >= 4 is 5.91 Å². The van der Waals surface area contributed by atoms with Gasteiger partial charge in [-0.05, 0) is 34.9 Å². The molecule has 0 saturated carbocycles. The molecule has 1 heterocycles. The van der Waals surface area contributed by atoms with Crippen LogP contribution in [-0.2, 0) is 30.4 Å². The maximum atomic E-state index is 13.7. The summed E-state index contributed by atoms with van der Waals surface area (Å²) in [6.07, 6.45) is -3.55. The van der Waals surface area contributed by atoms with Gasteiger partial charge >= 0.3 is 6.18 Å². The summed E-state index contributed by atoms with van der Waals surface area (Å²) in [6.45, 7) is 2.79. The SMILES string of the molecule is O=C(NCc1cc(F)cc(C(F)(F)F)c1)C1(N2CCNCC2)Cc2ccccc2C1. The third-order valence-electron chi connectivity index (χ3n) is 5.97. The zero-order valence-electron chi connectivity index (χ0n) is 16.4. The first-order valence-electron chi connectivity index (χ1n) is 9.95. The molecule has 0 bridgehead atoms. The molecule has 1 aliphatic heterocycles. The summed E-state index contributed by atoms with van der Waals surface area (Å²) in [5.41, 5.74) is 0.456. The first kappa shape index (κ1) is 20.8. The second kappa shape index (κ2) is 8.00. The van der Waals surface area contributed by atoms with E-state index in [0.29, 0.717) is 32.0 Å². The van der Waals surface area contributed by atoms with E-state index >= 15 is 0 Å². The summed E-state index contributed by atoms with van der Waals surface area (Å²) >= 11 is 0. The molecule has 4 rings (SSSR count). The summed E-state index contributed by atoms with van der Waals surface area (Å²) in [5, 5.41) is 6.06. The van der Waals surface area contributed by atoms with E-state index in [-0.39, 0.29) is 18.0 Å². The van der Waals surface area contributed by atoms with E-state index in [9.17, 15) is 22.4 Å². The van der Waals surface area contributed by atoms with Crippen molar-refractivity contribution < 1.29 is 22.4 Å². The van der Waals surface area contributed by atoms with E-state index in [4.69, 9.17) is 0 Å². The van der Waals surface area contributed by atoms with Crippen LogP contribution in [0.3, 0.4) is 0 Å². The van der Waals surface area contributed by atoms with Gasteiger partial charge in [-0.1, -0.05) is 24.3 Å². The molecule has 0 radical (unpaired) electrons. The van der Waals surface area contributed by atoms with E-state index in [1.165, 1.54) is 0 Å². The van der Waals surface area contributed by atoms with E-state index in [2.05, 4.69) is 15.5 Å². The zero-order chi connectivity index (χ0) is 21.4. The minimum absolute atomic E-state index is 0.0849. The van der Waals surface area contributed by atoms with E-state index < -0.39 is 23.1 Å². The number of nitrogens with zero attached hydrogens (tertiary/aromatic N) is 1. The Morgan fingerprint density at radius 2 is 1.70 bits per heavy atom. The molecule has 0 unspecified atom stereocenters. The Bertz CT molecular complexity index is 913. The van der Waals surface area contributed by atoms with E-state index in [0.717, 1.165) is 36.3 Å². The zero-order valence-corrected chi connectivity index (χ0v) is 16.4. The van der Waals surface area contributed by atoms with Crippen LogP contribution in [0.2, 0.25) is 0 Å². The lowest BCUT2D eigenvalue weighted by Crippen LogP contribution is -2.63. The van der Waals surface area contributed by atoms with Crippen molar-refractivity contribution in [2.75, 3.05) is 26.2 Å². The molecule has 0 atom stereocenters. The van der Waals surface area contributed by atoms with Gasteiger partial charge in [-0.2, -0.15) is 13.2 Å². The highest BCUT2D eigenvalue weighted by atomic mass is 19.4. The fourth-order valence-electron chi connectivity index (χ4n) is 4.48. The molecule has 1 amide bonds. The van der Waals surface area contributed by atoms with Crippen LogP contribution in [-0.4, -0.2) is 42.5 Å². The van der Waals surface area contributed by atoms with Gasteiger partial charge in [0.15, 0.2) is 0 Å². The van der Waals surface area contributed by atoms with Gasteiger partial charge < -0.3 is 10.6 Å². The van der Waals surface area contributed by atoms with Crippen LogP contribution >= 0.6 is 0 Å². The lowest BCUT2D eigenvalue weighted by molar-refractivity contribution is -0.137. The van der Waals surface area contributed by atoms with Gasteiger partial charge in [-0.15, -0.1) is 0 Å². The number of fused-ring (bicyclic) bond motifs is 1. The number of halogens is 4. The number of piperazine rings is 1. The Kier molecular flexibility index (Phi) is 5.55. The normalized spacial score (nSPS) is 18.8. The number of benzene rings is 2. The Balaban J connectivity index is 1.56. The van der Waals surface area contributed by atoms with Crippen molar-refractivity contribution in [3.05, 3.63) is 70.5 Å². The summed E-state index contributed by atoms with van der Waals surface area (Å²) in [6, 6.07) is 10.3. The Labute approximate surface area is 172 Å². The fourth-order valence-corrected chi connectivity index (χ4v) is 4.48. The van der Waals surface area contributed by atoms with Crippen LogP contribution in [0, 0.1) is 5.82 Å². The molecule has 2 aliphatic rings. The molecule has 2 aromatic rings. The molecule has 2 aromatic carbocycles. The monoisotopic (exact) mass is 421 g/mol. The minimum atomic E-state index is -4.64. The number of carbonyl (C=O) groups is 1. The molecule has 0 aromatic heterocycles. The van der Waals surface area contributed by atoms with E-state index in [1.807, 2.05) is 24.3 Å². The third-order valence-corrected chi connectivity index (χ3v) is 5.97. The fraction of sp³-hybridized carbons (Fsp3) is 0.409. The van der Waals surface area contributed by atoms with Crippen molar-refractivity contribution in [3.8, 4) is 0 Å². The van der Waals surface area contributed by atoms with Crippen molar-refractivity contribution in [1.29, 1.82) is 0 Å². The molecule has 0 spiro atoms. The maximum Gasteiger partial charge on any atom is 0.416 e. The van der Waals surface area contributed by atoms with Gasteiger partial charge in [0, 0.05) is 45.6 Å². The predicted octanol–water partition coefficient (Wildman–Crippen LogP) is 2.90. The largest absolute Gasteiger partial charge is 0.416 e. The van der Waals surface area contributed by atoms with Crippen LogP contribution in [0.1, 0.15) is 22.3 Å². The molecule has 30 heavy (non-hydrogen) atoms. The number of rotatable bonds is 4. The lowest BCUT2D eigenvalue weighted by Gasteiger charge is -2.42. The van der Waals surface area contributed by atoms with Crippen molar-refractivity contribution in [2.24, 2.45) is 0 Å². The summed E-state index contributed by atoms with van der Waals surface area (Å²) in [5.74, 6) is -1.21. The molecule has 4 nitrogen and oxygen atoms in total. The summed E-state index contributed by atoms with van der Waals surface area (Å²) in [7, 11) is 0. The van der Waals surface area contributed by atoms with Gasteiger partial charge in [0.25, 0.3) is 0 Å². The highest BCUT2D eigenvalue weighted by Crippen LogP contribution is 2.35. The molecular weight excluding hydrogens is 398 g/mol. The average molecular weight is 421 g/mol. The van der Waals surface area contributed by atoms with Crippen LogP contribution in [0.15, 0.2) is 42.5 Å². The first-order valence-corrected chi connectivity index (χ1v) is 9.95. The van der Waals surface area contributed by atoms with Crippen LogP contribution < -0.4 is 10.6 Å².